The number of hydrogen-bond donors (Lipinski definition) is 0. The molecule has 0 aliphatic rings. The van der Waals surface area contributed by atoms with Crippen molar-refractivity contribution < 1.29 is 28.6 Å². The van der Waals surface area contributed by atoms with Crippen LogP contribution in [0.25, 0.3) is 0 Å². The van der Waals surface area contributed by atoms with Crippen molar-refractivity contribution >= 4 is 17.9 Å². The lowest BCUT2D eigenvalue weighted by atomic mass is 10.0. The molecular weight excluding hydrogens is 853 g/mol. The molecule has 6 heteroatoms. The van der Waals surface area contributed by atoms with Crippen molar-refractivity contribution in [3.8, 4) is 0 Å². The van der Waals surface area contributed by atoms with Gasteiger partial charge in [-0.1, -0.05) is 220 Å². The van der Waals surface area contributed by atoms with Crippen molar-refractivity contribution in [2.75, 3.05) is 13.2 Å². The topological polar surface area (TPSA) is 78.9 Å². The van der Waals surface area contributed by atoms with Gasteiger partial charge in [0.1, 0.15) is 13.2 Å². The molecule has 0 N–H and O–H groups in total. The van der Waals surface area contributed by atoms with E-state index in [2.05, 4.69) is 130 Å². The zero-order valence-corrected chi connectivity index (χ0v) is 44.8. The molecule has 0 saturated carbocycles. The number of ether oxygens (including phenoxy) is 3. The largest absolute Gasteiger partial charge is 0.462 e. The Morgan fingerprint density at radius 2 is 0.565 bits per heavy atom. The highest BCUT2D eigenvalue weighted by Gasteiger charge is 2.19. The second kappa shape index (κ2) is 56.7. The Kier molecular flexibility index (Phi) is 53.4. The smallest absolute Gasteiger partial charge is 0.306 e. The maximum atomic E-state index is 12.8. The summed E-state index contributed by atoms with van der Waals surface area (Å²) in [6, 6.07) is 0. The number of allylic oxidation sites excluding steroid dienone is 18. The Bertz CT molecular complexity index is 1420. The summed E-state index contributed by atoms with van der Waals surface area (Å²) in [7, 11) is 0. The number of carbonyl (C=O) groups is 3. The average Bonchev–Trinajstić information content (AvgIpc) is 3.35. The van der Waals surface area contributed by atoms with Gasteiger partial charge in [0.2, 0.25) is 0 Å². The van der Waals surface area contributed by atoms with Crippen LogP contribution in [-0.2, 0) is 28.6 Å². The van der Waals surface area contributed by atoms with Gasteiger partial charge in [-0.05, 0) is 122 Å². The highest BCUT2D eigenvalue weighted by molar-refractivity contribution is 5.71. The molecule has 0 spiro atoms. The molecule has 1 unspecified atom stereocenters. The molecule has 69 heavy (non-hydrogen) atoms. The molecule has 392 valence electrons. The standard InChI is InChI=1S/C63H104O6/c1-4-7-10-13-16-19-22-25-27-28-29-30-31-32-33-34-36-38-41-44-47-50-53-56-62(65)68-59-60(58-67-61(64)55-52-49-46-43-40-37-24-21-18-15-12-9-6-3)69-63(66)57-54-51-48-45-42-39-35-26-23-20-17-14-11-8-5-2/h8-9,11-12,17-18,20-22,25-26,28-29,35,37,40,42,45,60H,4-7,10,13-16,19,23-24,27,30-34,36,38-39,41,43-44,46-59H2,1-3H3/b11-8-,12-9-,20-17-,21-18-,25-22-,29-28-,35-26-,40-37-,45-42-. The maximum absolute atomic E-state index is 12.8. The molecule has 0 aromatic carbocycles. The summed E-state index contributed by atoms with van der Waals surface area (Å²) in [5.74, 6) is -0.983. The summed E-state index contributed by atoms with van der Waals surface area (Å²) in [6.45, 7) is 6.34. The van der Waals surface area contributed by atoms with E-state index >= 15 is 0 Å². The van der Waals surface area contributed by atoms with E-state index in [1.54, 1.807) is 0 Å². The minimum Gasteiger partial charge on any atom is -0.462 e. The minimum atomic E-state index is -0.814. The Hall–Kier alpha value is -3.93. The fourth-order valence-corrected chi connectivity index (χ4v) is 7.54. The van der Waals surface area contributed by atoms with Gasteiger partial charge in [-0.3, -0.25) is 14.4 Å². The summed E-state index contributed by atoms with van der Waals surface area (Å²) < 4.78 is 16.8. The summed E-state index contributed by atoms with van der Waals surface area (Å²) in [5.41, 5.74) is 0. The third-order valence-corrected chi connectivity index (χ3v) is 11.7. The Labute approximate surface area is 425 Å². The number of rotatable bonds is 50. The average molecular weight is 958 g/mol. The lowest BCUT2D eigenvalue weighted by Crippen LogP contribution is -2.30. The summed E-state index contributed by atoms with van der Waals surface area (Å²) in [6.07, 6.45) is 76.6. The monoisotopic (exact) mass is 957 g/mol. The zero-order chi connectivity index (χ0) is 50.0. The van der Waals surface area contributed by atoms with Crippen LogP contribution in [0.15, 0.2) is 109 Å². The van der Waals surface area contributed by atoms with Crippen molar-refractivity contribution in [1.29, 1.82) is 0 Å². The van der Waals surface area contributed by atoms with Gasteiger partial charge in [0.15, 0.2) is 6.10 Å². The normalized spacial score (nSPS) is 12.9. The predicted octanol–water partition coefficient (Wildman–Crippen LogP) is 19.1. The number of esters is 3. The van der Waals surface area contributed by atoms with E-state index in [0.29, 0.717) is 19.3 Å². The number of carbonyl (C=O) groups excluding carboxylic acids is 3. The molecule has 0 rings (SSSR count). The van der Waals surface area contributed by atoms with Crippen LogP contribution in [0.3, 0.4) is 0 Å². The van der Waals surface area contributed by atoms with E-state index < -0.39 is 6.10 Å². The van der Waals surface area contributed by atoms with E-state index in [9.17, 15) is 14.4 Å². The molecule has 0 bridgehead atoms. The van der Waals surface area contributed by atoms with E-state index in [1.807, 2.05) is 0 Å². The van der Waals surface area contributed by atoms with Crippen LogP contribution in [0.2, 0.25) is 0 Å². The first-order valence-corrected chi connectivity index (χ1v) is 28.4. The Morgan fingerprint density at radius 1 is 0.304 bits per heavy atom. The highest BCUT2D eigenvalue weighted by atomic mass is 16.6. The summed E-state index contributed by atoms with van der Waals surface area (Å²) in [4.78, 5) is 38.1. The van der Waals surface area contributed by atoms with Gasteiger partial charge in [-0.15, -0.1) is 0 Å². The van der Waals surface area contributed by atoms with Gasteiger partial charge in [-0.25, -0.2) is 0 Å². The molecular formula is C63H104O6. The summed E-state index contributed by atoms with van der Waals surface area (Å²) in [5, 5.41) is 0. The van der Waals surface area contributed by atoms with Crippen LogP contribution >= 0.6 is 0 Å². The number of hydrogen-bond acceptors (Lipinski definition) is 6. The predicted molar refractivity (Wildman–Crippen MR) is 297 cm³/mol. The third kappa shape index (κ3) is 54.9. The Morgan fingerprint density at radius 3 is 0.928 bits per heavy atom. The molecule has 0 saturated heterocycles. The minimum absolute atomic E-state index is 0.107. The van der Waals surface area contributed by atoms with Crippen LogP contribution in [0.5, 0.6) is 0 Å². The molecule has 1 atom stereocenters. The molecule has 0 fully saturated rings. The molecule has 0 amide bonds. The molecule has 0 aliphatic carbocycles. The first-order chi connectivity index (χ1) is 34.0. The van der Waals surface area contributed by atoms with Crippen LogP contribution in [0.1, 0.15) is 252 Å². The lowest BCUT2D eigenvalue weighted by Gasteiger charge is -2.18. The highest BCUT2D eigenvalue weighted by Crippen LogP contribution is 2.14. The van der Waals surface area contributed by atoms with Crippen molar-refractivity contribution in [2.24, 2.45) is 0 Å². The summed E-state index contributed by atoms with van der Waals surface area (Å²) >= 11 is 0. The van der Waals surface area contributed by atoms with E-state index in [4.69, 9.17) is 14.2 Å². The van der Waals surface area contributed by atoms with Gasteiger partial charge in [0, 0.05) is 19.3 Å². The second-order valence-electron chi connectivity index (χ2n) is 18.4. The number of unbranched alkanes of at least 4 members (excludes halogenated alkanes) is 21. The van der Waals surface area contributed by atoms with Gasteiger partial charge < -0.3 is 14.2 Å². The van der Waals surface area contributed by atoms with E-state index in [0.717, 1.165) is 109 Å². The molecule has 0 aliphatic heterocycles. The van der Waals surface area contributed by atoms with Crippen molar-refractivity contribution in [3.63, 3.8) is 0 Å². The first-order valence-electron chi connectivity index (χ1n) is 28.4. The molecule has 0 aromatic heterocycles. The molecule has 6 nitrogen and oxygen atoms in total. The van der Waals surface area contributed by atoms with Crippen molar-refractivity contribution in [1.82, 2.24) is 0 Å². The van der Waals surface area contributed by atoms with Gasteiger partial charge in [0.05, 0.1) is 0 Å². The van der Waals surface area contributed by atoms with Crippen LogP contribution in [0, 0.1) is 0 Å². The molecule has 0 aromatic rings. The quantitative estimate of drug-likeness (QED) is 0.0262. The van der Waals surface area contributed by atoms with Crippen LogP contribution < -0.4 is 0 Å². The molecule has 0 heterocycles. The van der Waals surface area contributed by atoms with Gasteiger partial charge >= 0.3 is 17.9 Å². The van der Waals surface area contributed by atoms with Crippen LogP contribution in [-0.4, -0.2) is 37.2 Å². The van der Waals surface area contributed by atoms with E-state index in [1.165, 1.54) is 96.3 Å². The molecule has 0 radical (unpaired) electrons. The second-order valence-corrected chi connectivity index (χ2v) is 18.4. The van der Waals surface area contributed by atoms with Gasteiger partial charge in [0.25, 0.3) is 0 Å². The fraction of sp³-hybridized carbons (Fsp3) is 0.667. The fourth-order valence-electron chi connectivity index (χ4n) is 7.54. The van der Waals surface area contributed by atoms with Gasteiger partial charge in [-0.2, -0.15) is 0 Å². The Balaban J connectivity index is 4.40. The SMILES string of the molecule is CC/C=C\C/C=C\C/C=C\C/C=C\CCCCC(=O)OC(COC(=O)CCCCC/C=C\C/C=C\C/C=C\CC)COC(=O)CCCCCCCCCCCCC/C=C\C/C=C\CCCCCCC. The van der Waals surface area contributed by atoms with E-state index in [-0.39, 0.29) is 37.5 Å². The first kappa shape index (κ1) is 65.1. The lowest BCUT2D eigenvalue weighted by molar-refractivity contribution is -0.167. The van der Waals surface area contributed by atoms with Crippen LogP contribution in [0.4, 0.5) is 0 Å². The zero-order valence-electron chi connectivity index (χ0n) is 44.8. The third-order valence-electron chi connectivity index (χ3n) is 11.7. The van der Waals surface area contributed by atoms with Crippen molar-refractivity contribution in [3.05, 3.63) is 109 Å². The maximum Gasteiger partial charge on any atom is 0.306 e. The van der Waals surface area contributed by atoms with Crippen molar-refractivity contribution in [2.45, 2.75) is 258 Å².